The Balaban J connectivity index is 1.87. The summed E-state index contributed by atoms with van der Waals surface area (Å²) < 4.78 is 21.6. The number of para-hydroxylation sites is 1. The zero-order valence-electron chi connectivity index (χ0n) is 12.2. The molecule has 4 rings (SSSR count). The first-order valence-electron chi connectivity index (χ1n) is 7.31. The van der Waals surface area contributed by atoms with Gasteiger partial charge in [-0.25, -0.2) is 0 Å². The van der Waals surface area contributed by atoms with Gasteiger partial charge in [-0.2, -0.15) is 0 Å². The van der Waals surface area contributed by atoms with Gasteiger partial charge in [0.1, 0.15) is 0 Å². The van der Waals surface area contributed by atoms with Gasteiger partial charge < -0.3 is 0 Å². The van der Waals surface area contributed by atoms with Crippen LogP contribution in [0.5, 0.6) is 0 Å². The molecule has 0 aliphatic carbocycles. The van der Waals surface area contributed by atoms with E-state index in [-0.39, 0.29) is 20.8 Å². The molecular weight excluding hydrogens is 354 g/mol. The molecular formula is C20H13FOSe. The van der Waals surface area contributed by atoms with Gasteiger partial charge in [-0.3, -0.25) is 0 Å². The molecule has 1 heterocycles. The zero-order chi connectivity index (χ0) is 15.6. The molecule has 0 atom stereocenters. The predicted octanol–water partition coefficient (Wildman–Crippen LogP) is 3.89. The van der Waals surface area contributed by atoms with E-state index < -0.39 is 0 Å². The van der Waals surface area contributed by atoms with Crippen LogP contribution >= 0.6 is 0 Å². The molecule has 1 aromatic heterocycles. The van der Waals surface area contributed by atoms with Gasteiger partial charge in [0.05, 0.1) is 0 Å². The Hall–Kier alpha value is -2.35. The van der Waals surface area contributed by atoms with Gasteiger partial charge >= 0.3 is 140 Å². The van der Waals surface area contributed by atoms with E-state index in [4.69, 9.17) is 4.42 Å². The topological polar surface area (TPSA) is 13.1 Å². The molecule has 1 nitrogen and oxygen atoms in total. The number of halogens is 1. The first-order chi connectivity index (χ1) is 11.3. The van der Waals surface area contributed by atoms with Crippen molar-refractivity contribution in [3.05, 3.63) is 84.7 Å². The quantitative estimate of drug-likeness (QED) is 0.501. The summed E-state index contributed by atoms with van der Waals surface area (Å²) in [6, 6.07) is 25.0. The molecule has 0 spiro atoms. The van der Waals surface area contributed by atoms with Crippen LogP contribution < -0.4 is 8.92 Å². The van der Waals surface area contributed by atoms with Crippen LogP contribution in [0.4, 0.5) is 4.39 Å². The fourth-order valence-electron chi connectivity index (χ4n) is 2.52. The molecule has 0 unspecified atom stereocenters. The molecule has 112 valence electrons. The minimum absolute atomic E-state index is 0.0471. The van der Waals surface area contributed by atoms with Crippen molar-refractivity contribution in [2.75, 3.05) is 0 Å². The average Bonchev–Trinajstić information content (AvgIpc) is 2.96. The van der Waals surface area contributed by atoms with Gasteiger partial charge in [-0.05, 0) is 0 Å². The molecule has 23 heavy (non-hydrogen) atoms. The number of rotatable bonds is 3. The predicted molar refractivity (Wildman–Crippen MR) is 93.1 cm³/mol. The second-order valence-electron chi connectivity index (χ2n) is 5.18. The van der Waals surface area contributed by atoms with Crippen molar-refractivity contribution in [1.29, 1.82) is 0 Å². The molecule has 0 radical (unpaired) electrons. The van der Waals surface area contributed by atoms with Crippen LogP contribution in [0.15, 0.2) is 83.3 Å². The van der Waals surface area contributed by atoms with Crippen LogP contribution in [-0.4, -0.2) is 15.0 Å². The van der Waals surface area contributed by atoms with Gasteiger partial charge in [-0.1, -0.05) is 0 Å². The summed E-state index contributed by atoms with van der Waals surface area (Å²) in [5.74, 6) is 0.709. The molecule has 0 saturated heterocycles. The van der Waals surface area contributed by atoms with Crippen molar-refractivity contribution in [1.82, 2.24) is 0 Å². The summed E-state index contributed by atoms with van der Waals surface area (Å²) in [5, 5.41) is 1.13. The monoisotopic (exact) mass is 368 g/mol. The fourth-order valence-corrected chi connectivity index (χ4v) is 4.70. The summed E-state index contributed by atoms with van der Waals surface area (Å²) in [4.78, 5) is 0. The van der Waals surface area contributed by atoms with Crippen molar-refractivity contribution in [2.24, 2.45) is 0 Å². The fraction of sp³-hybridized carbons (Fsp3) is 0. The van der Waals surface area contributed by atoms with Gasteiger partial charge in [0.15, 0.2) is 0 Å². The summed E-state index contributed by atoms with van der Waals surface area (Å²) in [6.45, 7) is 0. The second-order valence-corrected chi connectivity index (χ2v) is 7.45. The average molecular weight is 367 g/mol. The van der Waals surface area contributed by atoms with Crippen LogP contribution in [0.3, 0.4) is 0 Å². The van der Waals surface area contributed by atoms with Crippen LogP contribution in [0, 0.1) is 5.82 Å². The molecule has 0 aliphatic rings. The second kappa shape index (κ2) is 6.04. The van der Waals surface area contributed by atoms with Crippen molar-refractivity contribution >= 4 is 34.8 Å². The summed E-state index contributed by atoms with van der Waals surface area (Å²) >= 11 is 0.0471. The SMILES string of the molecule is Fc1ccc([Se]c2c(-c3ccccc3)oc3ccccc23)cc1. The van der Waals surface area contributed by atoms with E-state index in [0.717, 1.165) is 26.8 Å². The molecule has 3 aromatic carbocycles. The van der Waals surface area contributed by atoms with E-state index in [1.54, 1.807) is 0 Å². The Bertz CT molecular complexity index is 942. The summed E-state index contributed by atoms with van der Waals surface area (Å²) in [6.07, 6.45) is 0. The molecule has 0 N–H and O–H groups in total. The third-order valence-corrected chi connectivity index (χ3v) is 5.96. The maximum atomic E-state index is 13.2. The third kappa shape index (κ3) is 2.81. The Morgan fingerprint density at radius 1 is 0.739 bits per heavy atom. The van der Waals surface area contributed by atoms with Crippen molar-refractivity contribution in [3.63, 3.8) is 0 Å². The number of hydrogen-bond donors (Lipinski definition) is 0. The van der Waals surface area contributed by atoms with E-state index in [0.29, 0.717) is 0 Å². The van der Waals surface area contributed by atoms with Crippen LogP contribution in [-0.2, 0) is 0 Å². The maximum absolute atomic E-state index is 13.2. The molecule has 0 bridgehead atoms. The van der Waals surface area contributed by atoms with Crippen molar-refractivity contribution in [3.8, 4) is 11.3 Å². The molecule has 0 saturated carbocycles. The first kappa shape index (κ1) is 14.3. The Morgan fingerprint density at radius 3 is 2.22 bits per heavy atom. The summed E-state index contributed by atoms with van der Waals surface area (Å²) in [7, 11) is 0. The normalized spacial score (nSPS) is 11.0. The summed E-state index contributed by atoms with van der Waals surface area (Å²) in [5.41, 5.74) is 1.97. The van der Waals surface area contributed by atoms with Gasteiger partial charge in [-0.15, -0.1) is 0 Å². The van der Waals surface area contributed by atoms with Gasteiger partial charge in [0.2, 0.25) is 0 Å². The van der Waals surface area contributed by atoms with Crippen LogP contribution in [0.1, 0.15) is 0 Å². The van der Waals surface area contributed by atoms with Crippen molar-refractivity contribution in [2.45, 2.75) is 0 Å². The zero-order valence-corrected chi connectivity index (χ0v) is 13.9. The van der Waals surface area contributed by atoms with E-state index in [9.17, 15) is 4.39 Å². The molecule has 4 aromatic rings. The molecule has 0 amide bonds. The Kier molecular flexibility index (Phi) is 3.74. The number of fused-ring (bicyclic) bond motifs is 1. The van der Waals surface area contributed by atoms with E-state index in [2.05, 4.69) is 18.2 Å². The van der Waals surface area contributed by atoms with E-state index in [1.807, 2.05) is 48.5 Å². The van der Waals surface area contributed by atoms with Gasteiger partial charge in [0.25, 0.3) is 0 Å². The van der Waals surface area contributed by atoms with Crippen LogP contribution in [0.25, 0.3) is 22.3 Å². The number of benzene rings is 3. The van der Waals surface area contributed by atoms with E-state index in [1.165, 1.54) is 16.6 Å². The molecule has 3 heteroatoms. The molecule has 0 fully saturated rings. The standard InChI is InChI=1S/C20H13FOSe/c21-15-10-12-16(13-11-15)23-20-17-8-4-5-9-18(17)22-19(20)14-6-2-1-3-7-14/h1-13H. The Morgan fingerprint density at radius 2 is 1.43 bits per heavy atom. The molecule has 0 aliphatic heterocycles. The number of furan rings is 1. The third-order valence-electron chi connectivity index (χ3n) is 3.62. The first-order valence-corrected chi connectivity index (χ1v) is 9.03. The van der Waals surface area contributed by atoms with E-state index >= 15 is 0 Å². The number of hydrogen-bond acceptors (Lipinski definition) is 1. The Labute approximate surface area is 139 Å². The minimum atomic E-state index is -0.204. The van der Waals surface area contributed by atoms with Crippen molar-refractivity contribution < 1.29 is 8.81 Å². The van der Waals surface area contributed by atoms with Crippen LogP contribution in [0.2, 0.25) is 0 Å². The van der Waals surface area contributed by atoms with Gasteiger partial charge in [0, 0.05) is 0 Å².